The van der Waals surface area contributed by atoms with Crippen LogP contribution in [0.2, 0.25) is 0 Å². The molecule has 0 amide bonds. The molecule has 0 aliphatic carbocycles. The van der Waals surface area contributed by atoms with Gasteiger partial charge >= 0.3 is 0 Å². The highest BCUT2D eigenvalue weighted by molar-refractivity contribution is 7.88. The first-order valence-electron chi connectivity index (χ1n) is 7.87. The number of aliphatic hydroxyl groups excluding tert-OH is 1. The first-order chi connectivity index (χ1) is 10.5. The molecule has 22 heavy (non-hydrogen) atoms. The lowest BCUT2D eigenvalue weighted by molar-refractivity contribution is 0.120. The molecule has 0 aromatic heterocycles. The van der Waals surface area contributed by atoms with Gasteiger partial charge in [-0.25, -0.2) is 13.1 Å². The molecule has 5 nitrogen and oxygen atoms in total. The number of nitrogens with one attached hydrogen (secondary N) is 1. The fourth-order valence-electron chi connectivity index (χ4n) is 3.07. The zero-order chi connectivity index (χ0) is 16.0. The van der Waals surface area contributed by atoms with Crippen LogP contribution in [-0.2, 0) is 10.0 Å². The molecular weight excluding hydrogens is 300 g/mol. The summed E-state index contributed by atoms with van der Waals surface area (Å²) in [5.74, 6) is 0. The Morgan fingerprint density at radius 1 is 1.36 bits per heavy atom. The number of sulfonamides is 1. The van der Waals surface area contributed by atoms with Gasteiger partial charge in [0.25, 0.3) is 0 Å². The molecule has 1 aromatic carbocycles. The lowest BCUT2D eigenvalue weighted by Gasteiger charge is -2.26. The average molecular weight is 326 g/mol. The van der Waals surface area contributed by atoms with Gasteiger partial charge in [-0.1, -0.05) is 30.3 Å². The summed E-state index contributed by atoms with van der Waals surface area (Å²) >= 11 is 0. The van der Waals surface area contributed by atoms with Crippen LogP contribution in [0.3, 0.4) is 0 Å². The topological polar surface area (TPSA) is 69.6 Å². The van der Waals surface area contributed by atoms with Crippen molar-refractivity contribution in [2.75, 3.05) is 25.9 Å². The van der Waals surface area contributed by atoms with Crippen molar-refractivity contribution in [3.05, 3.63) is 35.9 Å². The highest BCUT2D eigenvalue weighted by Crippen LogP contribution is 2.27. The summed E-state index contributed by atoms with van der Waals surface area (Å²) in [6, 6.07) is 10.1. The SMILES string of the molecule is CS(=O)(=O)NCCCN1CCCC1CC(O)c1ccccc1. The molecule has 0 spiro atoms. The molecule has 0 bridgehead atoms. The maximum Gasteiger partial charge on any atom is 0.208 e. The van der Waals surface area contributed by atoms with Crippen LogP contribution in [0.25, 0.3) is 0 Å². The number of rotatable bonds is 8. The van der Waals surface area contributed by atoms with E-state index in [0.29, 0.717) is 12.6 Å². The van der Waals surface area contributed by atoms with Crippen molar-refractivity contribution < 1.29 is 13.5 Å². The maximum atomic E-state index is 11.0. The molecule has 1 fully saturated rings. The van der Waals surface area contributed by atoms with Crippen molar-refractivity contribution in [1.82, 2.24) is 9.62 Å². The van der Waals surface area contributed by atoms with Gasteiger partial charge in [0.15, 0.2) is 0 Å². The van der Waals surface area contributed by atoms with Crippen molar-refractivity contribution >= 4 is 10.0 Å². The fourth-order valence-corrected chi connectivity index (χ4v) is 3.58. The Morgan fingerprint density at radius 2 is 2.09 bits per heavy atom. The van der Waals surface area contributed by atoms with E-state index in [1.165, 1.54) is 6.26 Å². The van der Waals surface area contributed by atoms with Gasteiger partial charge in [-0.3, -0.25) is 0 Å². The van der Waals surface area contributed by atoms with Crippen LogP contribution in [0, 0.1) is 0 Å². The van der Waals surface area contributed by atoms with E-state index in [1.54, 1.807) is 0 Å². The molecule has 1 saturated heterocycles. The van der Waals surface area contributed by atoms with Gasteiger partial charge in [0.2, 0.25) is 10.0 Å². The van der Waals surface area contributed by atoms with Gasteiger partial charge in [-0.05, 0) is 44.3 Å². The zero-order valence-corrected chi connectivity index (χ0v) is 13.9. The standard InChI is InChI=1S/C16H26N2O3S/c1-22(20,21)17-10-6-12-18-11-5-9-15(18)13-16(19)14-7-3-2-4-8-14/h2-4,7-8,15-17,19H,5-6,9-13H2,1H3. The van der Waals surface area contributed by atoms with Crippen molar-refractivity contribution in [2.24, 2.45) is 0 Å². The minimum absolute atomic E-state index is 0.383. The number of benzene rings is 1. The first-order valence-corrected chi connectivity index (χ1v) is 9.76. The summed E-state index contributed by atoms with van der Waals surface area (Å²) in [7, 11) is -3.10. The van der Waals surface area contributed by atoms with E-state index in [1.807, 2.05) is 30.3 Å². The Hall–Kier alpha value is -0.950. The number of aliphatic hydroxyl groups is 1. The molecule has 124 valence electrons. The molecule has 1 heterocycles. The van der Waals surface area contributed by atoms with Crippen LogP contribution in [0.4, 0.5) is 0 Å². The summed E-state index contributed by atoms with van der Waals surface area (Å²) in [4.78, 5) is 2.37. The van der Waals surface area contributed by atoms with E-state index >= 15 is 0 Å². The Labute approximate surface area is 133 Å². The molecule has 2 N–H and O–H groups in total. The molecule has 2 rings (SSSR count). The van der Waals surface area contributed by atoms with Crippen LogP contribution in [-0.4, -0.2) is 50.4 Å². The minimum Gasteiger partial charge on any atom is -0.388 e. The van der Waals surface area contributed by atoms with Gasteiger partial charge in [-0.2, -0.15) is 0 Å². The first kappa shape index (κ1) is 17.4. The van der Waals surface area contributed by atoms with Crippen molar-refractivity contribution in [1.29, 1.82) is 0 Å². The van der Waals surface area contributed by atoms with Gasteiger partial charge in [0, 0.05) is 12.6 Å². The van der Waals surface area contributed by atoms with E-state index < -0.39 is 16.1 Å². The third kappa shape index (κ3) is 5.68. The summed E-state index contributed by atoms with van der Waals surface area (Å²) in [6.45, 7) is 2.38. The van der Waals surface area contributed by atoms with Crippen LogP contribution in [0.1, 0.15) is 37.4 Å². The number of hydrogen-bond acceptors (Lipinski definition) is 4. The normalized spacial score (nSPS) is 21.1. The second-order valence-electron chi connectivity index (χ2n) is 6.01. The molecule has 0 radical (unpaired) electrons. The average Bonchev–Trinajstić information content (AvgIpc) is 2.91. The second-order valence-corrected chi connectivity index (χ2v) is 7.85. The van der Waals surface area contributed by atoms with Gasteiger partial charge < -0.3 is 10.0 Å². The van der Waals surface area contributed by atoms with Crippen molar-refractivity contribution in [3.63, 3.8) is 0 Å². The molecule has 1 aromatic rings. The Bertz CT molecular complexity index is 548. The van der Waals surface area contributed by atoms with E-state index in [4.69, 9.17) is 0 Å². The number of nitrogens with zero attached hydrogens (tertiary/aromatic N) is 1. The molecule has 0 saturated carbocycles. The summed E-state index contributed by atoms with van der Waals surface area (Å²) in [5, 5.41) is 10.4. The van der Waals surface area contributed by atoms with Gasteiger partial charge in [0.1, 0.15) is 0 Å². The highest BCUT2D eigenvalue weighted by atomic mass is 32.2. The van der Waals surface area contributed by atoms with Crippen LogP contribution in [0.15, 0.2) is 30.3 Å². The molecular formula is C16H26N2O3S. The van der Waals surface area contributed by atoms with Crippen LogP contribution in [0.5, 0.6) is 0 Å². The highest BCUT2D eigenvalue weighted by Gasteiger charge is 2.26. The fraction of sp³-hybridized carbons (Fsp3) is 0.625. The smallest absolute Gasteiger partial charge is 0.208 e. The number of hydrogen-bond donors (Lipinski definition) is 2. The Kier molecular flexibility index (Phi) is 6.37. The quantitative estimate of drug-likeness (QED) is 0.711. The maximum absolute atomic E-state index is 11.0. The number of likely N-dealkylation sites (tertiary alicyclic amines) is 1. The lowest BCUT2D eigenvalue weighted by Crippen LogP contribution is -2.34. The summed E-state index contributed by atoms with van der Waals surface area (Å²) < 4.78 is 24.6. The van der Waals surface area contributed by atoms with Gasteiger partial charge in [0.05, 0.1) is 12.4 Å². The third-order valence-electron chi connectivity index (χ3n) is 4.17. The molecule has 6 heteroatoms. The summed E-state index contributed by atoms with van der Waals surface area (Å²) in [6.07, 6.45) is 4.53. The van der Waals surface area contributed by atoms with Crippen LogP contribution < -0.4 is 4.72 Å². The van der Waals surface area contributed by atoms with E-state index in [-0.39, 0.29) is 0 Å². The van der Waals surface area contributed by atoms with Gasteiger partial charge in [-0.15, -0.1) is 0 Å². The minimum atomic E-state index is -3.10. The largest absolute Gasteiger partial charge is 0.388 e. The van der Waals surface area contributed by atoms with Crippen molar-refractivity contribution in [2.45, 2.75) is 37.8 Å². The van der Waals surface area contributed by atoms with Crippen molar-refractivity contribution in [3.8, 4) is 0 Å². The predicted octanol–water partition coefficient (Wildman–Crippen LogP) is 1.51. The monoisotopic (exact) mass is 326 g/mol. The van der Waals surface area contributed by atoms with E-state index in [2.05, 4.69) is 9.62 Å². The van der Waals surface area contributed by atoms with Crippen LogP contribution >= 0.6 is 0 Å². The molecule has 2 unspecified atom stereocenters. The van der Waals surface area contributed by atoms with E-state index in [9.17, 15) is 13.5 Å². The Balaban J connectivity index is 1.78. The predicted molar refractivity (Wildman–Crippen MR) is 88.1 cm³/mol. The molecule has 1 aliphatic rings. The molecule has 1 aliphatic heterocycles. The summed E-state index contributed by atoms with van der Waals surface area (Å²) in [5.41, 5.74) is 0.966. The van der Waals surface area contributed by atoms with E-state index in [0.717, 1.165) is 44.3 Å². The Morgan fingerprint density at radius 3 is 2.77 bits per heavy atom. The lowest BCUT2D eigenvalue weighted by atomic mass is 10.0. The zero-order valence-electron chi connectivity index (χ0n) is 13.1. The second kappa shape index (κ2) is 8.06. The third-order valence-corrected chi connectivity index (χ3v) is 4.89. The molecule has 2 atom stereocenters.